The van der Waals surface area contributed by atoms with Crippen LogP contribution in [0.1, 0.15) is 25.0 Å². The smallest absolute Gasteiger partial charge is 0.171 e. The zero-order valence-electron chi connectivity index (χ0n) is 27.5. The maximum Gasteiger partial charge on any atom is 0.171 e. The Hall–Kier alpha value is -5.41. The van der Waals surface area contributed by atoms with Crippen LogP contribution in [-0.4, -0.2) is 0 Å². The van der Waals surface area contributed by atoms with Gasteiger partial charge in [0.15, 0.2) is 30.1 Å². The van der Waals surface area contributed by atoms with E-state index in [4.69, 9.17) is 9.47 Å². The Morgan fingerprint density at radius 3 is 1.94 bits per heavy atom. The van der Waals surface area contributed by atoms with Crippen molar-refractivity contribution in [1.29, 1.82) is 0 Å². The molecule has 0 spiro atoms. The number of benzene rings is 7. The highest BCUT2D eigenvalue weighted by atomic mass is 32.1. The molecule has 1 aliphatic carbocycles. The van der Waals surface area contributed by atoms with E-state index in [0.29, 0.717) is 11.5 Å². The van der Waals surface area contributed by atoms with E-state index in [2.05, 4.69) is 98.8 Å². The largest absolute Gasteiger partial charge is 0.449 e. The van der Waals surface area contributed by atoms with Gasteiger partial charge in [0.05, 0.1) is 0 Å². The first-order chi connectivity index (χ1) is 24.4. The van der Waals surface area contributed by atoms with Crippen LogP contribution in [0.25, 0.3) is 42.4 Å². The minimum Gasteiger partial charge on any atom is -0.449 e. The highest BCUT2D eigenvalue weighted by Gasteiger charge is 2.43. The lowest BCUT2D eigenvalue weighted by Crippen LogP contribution is -2.31. The molecule has 1 aromatic heterocycles. The lowest BCUT2D eigenvalue weighted by Gasteiger charge is -2.29. The molecule has 7 aromatic carbocycles. The van der Waals surface area contributed by atoms with Crippen molar-refractivity contribution in [3.05, 3.63) is 163 Å². The van der Waals surface area contributed by atoms with Crippen LogP contribution in [0.2, 0.25) is 0 Å². The Morgan fingerprint density at radius 1 is 0.520 bits per heavy atom. The van der Waals surface area contributed by atoms with E-state index in [1.807, 2.05) is 66.7 Å². The first kappa shape index (κ1) is 29.5. The topological polar surface area (TPSA) is 35.5 Å². The van der Waals surface area contributed by atoms with Crippen molar-refractivity contribution in [2.75, 3.05) is 0 Å². The molecule has 5 heteroatoms. The first-order valence-corrected chi connectivity index (χ1v) is 19.4. The maximum absolute atomic E-state index is 15.6. The summed E-state index contributed by atoms with van der Waals surface area (Å²) in [5.41, 5.74) is 6.45. The molecule has 0 N–H and O–H groups in total. The average Bonchev–Trinajstić information content (AvgIpc) is 3.63. The SMILES string of the molecule is CC1(C)c2ccc(-c3ccc4c(c3)Oc3cc5sc6ccccc6c5cc3O4)cc2-c2cccc(P(=O)(c3ccccc3)c3ccccc3)c21. The van der Waals surface area contributed by atoms with Crippen molar-refractivity contribution in [3.8, 4) is 45.3 Å². The molecule has 8 aromatic rings. The number of thiophene rings is 1. The number of rotatable bonds is 4. The molecule has 0 unspecified atom stereocenters. The second-order valence-corrected chi connectivity index (χ2v) is 17.4. The zero-order valence-corrected chi connectivity index (χ0v) is 29.2. The molecule has 0 saturated heterocycles. The molecule has 2 heterocycles. The van der Waals surface area contributed by atoms with E-state index >= 15 is 4.57 Å². The fraction of sp³-hybridized carbons (Fsp3) is 0.0667. The van der Waals surface area contributed by atoms with E-state index in [0.717, 1.165) is 49.7 Å². The summed E-state index contributed by atoms with van der Waals surface area (Å²) in [6, 6.07) is 51.8. The summed E-state index contributed by atoms with van der Waals surface area (Å²) in [5.74, 6) is 2.87. The van der Waals surface area contributed by atoms with Crippen molar-refractivity contribution < 1.29 is 14.0 Å². The normalized spacial score (nSPS) is 14.0. The standard InChI is InChI=1S/C45H31O3PS/c1-45(2)36-22-20-28(29-21-23-37-38(25-29)48-40-27-43-35(26-39(40)47-37)32-16-9-10-19-42(32)50-43)24-34(36)33-17-11-18-41(44(33)45)49(46,30-12-5-3-6-13-30)31-14-7-4-8-15-31/h3-27H,1-2H3. The lowest BCUT2D eigenvalue weighted by molar-refractivity contribution is 0.360. The number of hydrogen-bond donors (Lipinski definition) is 0. The Balaban J connectivity index is 1.07. The van der Waals surface area contributed by atoms with Crippen LogP contribution in [-0.2, 0) is 9.98 Å². The van der Waals surface area contributed by atoms with E-state index < -0.39 is 7.14 Å². The van der Waals surface area contributed by atoms with Crippen LogP contribution < -0.4 is 25.4 Å². The third-order valence-corrected chi connectivity index (χ3v) is 14.6. The average molecular weight is 683 g/mol. The maximum atomic E-state index is 15.6. The summed E-state index contributed by atoms with van der Waals surface area (Å²) in [6.07, 6.45) is 0. The third-order valence-electron chi connectivity index (χ3n) is 10.4. The fourth-order valence-electron chi connectivity index (χ4n) is 7.99. The Morgan fingerprint density at radius 2 is 1.16 bits per heavy atom. The van der Waals surface area contributed by atoms with Crippen LogP contribution in [0.4, 0.5) is 0 Å². The molecular formula is C45H31O3PS. The van der Waals surface area contributed by atoms with Gasteiger partial charge >= 0.3 is 0 Å². The first-order valence-electron chi connectivity index (χ1n) is 16.9. The number of ether oxygens (including phenoxy) is 2. The predicted molar refractivity (Wildman–Crippen MR) is 208 cm³/mol. The lowest BCUT2D eigenvalue weighted by atomic mass is 9.82. The van der Waals surface area contributed by atoms with Gasteiger partial charge in [-0.2, -0.15) is 0 Å². The molecule has 0 fully saturated rings. The van der Waals surface area contributed by atoms with Crippen molar-refractivity contribution in [2.24, 2.45) is 0 Å². The second kappa shape index (κ2) is 10.8. The summed E-state index contributed by atoms with van der Waals surface area (Å²) in [6.45, 7) is 4.52. The van der Waals surface area contributed by atoms with Gasteiger partial charge < -0.3 is 14.0 Å². The van der Waals surface area contributed by atoms with Crippen molar-refractivity contribution >= 4 is 54.6 Å². The predicted octanol–water partition coefficient (Wildman–Crippen LogP) is 11.6. The molecule has 0 saturated carbocycles. The van der Waals surface area contributed by atoms with Gasteiger partial charge in [0.2, 0.25) is 0 Å². The number of fused-ring (bicyclic) bond motifs is 8. The monoisotopic (exact) mass is 682 g/mol. The highest BCUT2D eigenvalue weighted by molar-refractivity contribution is 7.85. The molecule has 0 bridgehead atoms. The van der Waals surface area contributed by atoms with Gasteiger partial charge in [-0.15, -0.1) is 11.3 Å². The Bertz CT molecular complexity index is 2670. The minimum absolute atomic E-state index is 0.354. The molecule has 3 nitrogen and oxygen atoms in total. The van der Waals surface area contributed by atoms with Gasteiger partial charge in [-0.3, -0.25) is 0 Å². The summed E-state index contributed by atoms with van der Waals surface area (Å²) >= 11 is 1.77. The molecule has 240 valence electrons. The highest BCUT2D eigenvalue weighted by Crippen LogP contribution is 2.55. The molecule has 0 amide bonds. The summed E-state index contributed by atoms with van der Waals surface area (Å²) in [4.78, 5) is 0. The number of hydrogen-bond acceptors (Lipinski definition) is 4. The molecule has 0 atom stereocenters. The second-order valence-electron chi connectivity index (χ2n) is 13.6. The zero-order chi connectivity index (χ0) is 33.6. The van der Waals surface area contributed by atoms with Gasteiger partial charge in [-0.25, -0.2) is 0 Å². The van der Waals surface area contributed by atoms with Crippen molar-refractivity contribution in [2.45, 2.75) is 19.3 Å². The van der Waals surface area contributed by atoms with Crippen molar-refractivity contribution in [3.63, 3.8) is 0 Å². The molecular weight excluding hydrogens is 652 g/mol. The fourth-order valence-corrected chi connectivity index (χ4v) is 12.2. The van der Waals surface area contributed by atoms with E-state index in [1.54, 1.807) is 11.3 Å². The Kier molecular flexibility index (Phi) is 6.37. The van der Waals surface area contributed by atoms with Crippen molar-refractivity contribution in [1.82, 2.24) is 0 Å². The van der Waals surface area contributed by atoms with E-state index in [1.165, 1.54) is 31.3 Å². The van der Waals surface area contributed by atoms with Gasteiger partial charge in [0.25, 0.3) is 0 Å². The third kappa shape index (κ3) is 4.25. The minimum atomic E-state index is -3.19. The summed E-state index contributed by atoms with van der Waals surface area (Å²) in [7, 11) is -3.19. The molecule has 2 aliphatic rings. The van der Waals surface area contributed by atoms with Gasteiger partial charge in [0.1, 0.15) is 0 Å². The van der Waals surface area contributed by atoms with Gasteiger partial charge in [-0.1, -0.05) is 129 Å². The van der Waals surface area contributed by atoms with E-state index in [-0.39, 0.29) is 5.41 Å². The quantitative estimate of drug-likeness (QED) is 0.173. The summed E-state index contributed by atoms with van der Waals surface area (Å²) < 4.78 is 31.0. The van der Waals surface area contributed by atoms with Gasteiger partial charge in [-0.05, 0) is 63.7 Å². The van der Waals surface area contributed by atoms with Crippen LogP contribution in [0.15, 0.2) is 152 Å². The van der Waals surface area contributed by atoms with Crippen LogP contribution in [0, 0.1) is 0 Å². The molecule has 0 radical (unpaired) electrons. The molecule has 10 rings (SSSR count). The molecule has 1 aliphatic heterocycles. The van der Waals surface area contributed by atoms with E-state index in [9.17, 15) is 0 Å². The molecule has 50 heavy (non-hydrogen) atoms. The van der Waals surface area contributed by atoms with Crippen LogP contribution >= 0.6 is 18.5 Å². The van der Waals surface area contributed by atoms with Gasteiger partial charge in [0, 0.05) is 47.6 Å². The Labute approximate surface area is 294 Å². The summed E-state index contributed by atoms with van der Waals surface area (Å²) in [5, 5.41) is 5.01. The van der Waals surface area contributed by atoms with Crippen LogP contribution in [0.3, 0.4) is 0 Å². The van der Waals surface area contributed by atoms with Crippen LogP contribution in [0.5, 0.6) is 23.0 Å².